The minimum atomic E-state index is -1.05. The van der Waals surface area contributed by atoms with Crippen LogP contribution in [0.15, 0.2) is 36.2 Å². The van der Waals surface area contributed by atoms with Crippen LogP contribution in [0.2, 0.25) is 0 Å². The van der Waals surface area contributed by atoms with Crippen LogP contribution < -0.4 is 21.3 Å². The molecule has 1 atom stereocenters. The zero-order valence-electron chi connectivity index (χ0n) is 13.4. The number of aliphatic hydroxyl groups excluding tert-OH is 1. The van der Waals surface area contributed by atoms with Gasteiger partial charge in [-0.1, -0.05) is 12.1 Å². The molecule has 2 aliphatic rings. The van der Waals surface area contributed by atoms with Gasteiger partial charge in [0, 0.05) is 25.0 Å². The van der Waals surface area contributed by atoms with Gasteiger partial charge in [0.25, 0.3) is 0 Å². The standard InChI is InChI=1S/C17H18N6O2/c18-13-3-1-2-10-9-23(7-5-12(10)13)16-19-6-4-11(20-16)8-14-15(24)22-17(25)21-14/h1-4,6,8,15,24H,5,7,9,18H2,(H2,21,22,25)/b14-8-. The van der Waals surface area contributed by atoms with E-state index in [-0.39, 0.29) is 0 Å². The molecule has 2 amide bonds. The zero-order valence-corrected chi connectivity index (χ0v) is 13.4. The number of hydrogen-bond acceptors (Lipinski definition) is 6. The summed E-state index contributed by atoms with van der Waals surface area (Å²) in [5.41, 5.74) is 10.2. The predicted octanol–water partition coefficient (Wildman–Crippen LogP) is 0.594. The van der Waals surface area contributed by atoms with Gasteiger partial charge in [-0.05, 0) is 35.8 Å². The lowest BCUT2D eigenvalue weighted by Crippen LogP contribution is -2.32. The van der Waals surface area contributed by atoms with Crippen molar-refractivity contribution in [2.45, 2.75) is 19.2 Å². The van der Waals surface area contributed by atoms with Crippen molar-refractivity contribution < 1.29 is 9.90 Å². The molecule has 1 aromatic carbocycles. The van der Waals surface area contributed by atoms with Crippen LogP contribution in [0.1, 0.15) is 16.8 Å². The van der Waals surface area contributed by atoms with E-state index in [9.17, 15) is 9.90 Å². The third-order valence-electron chi connectivity index (χ3n) is 4.37. The van der Waals surface area contributed by atoms with Gasteiger partial charge in [0.1, 0.15) is 0 Å². The Labute approximate surface area is 144 Å². The molecule has 4 rings (SSSR count). The molecule has 2 aliphatic heterocycles. The average molecular weight is 338 g/mol. The summed E-state index contributed by atoms with van der Waals surface area (Å²) in [7, 11) is 0. The molecule has 1 saturated heterocycles. The van der Waals surface area contributed by atoms with Crippen LogP contribution in [-0.2, 0) is 13.0 Å². The summed E-state index contributed by atoms with van der Waals surface area (Å²) in [4.78, 5) is 22.2. The highest BCUT2D eigenvalue weighted by atomic mass is 16.3. The molecule has 0 radical (unpaired) electrons. The minimum Gasteiger partial charge on any atom is -0.398 e. The highest BCUT2D eigenvalue weighted by Gasteiger charge is 2.24. The second-order valence-corrected chi connectivity index (χ2v) is 6.04. The smallest absolute Gasteiger partial charge is 0.321 e. The molecule has 0 aliphatic carbocycles. The molecule has 3 heterocycles. The summed E-state index contributed by atoms with van der Waals surface area (Å²) >= 11 is 0. The van der Waals surface area contributed by atoms with Crippen molar-refractivity contribution in [3.05, 3.63) is 53.0 Å². The number of anilines is 2. The summed E-state index contributed by atoms with van der Waals surface area (Å²) in [6, 6.07) is 7.24. The van der Waals surface area contributed by atoms with Gasteiger partial charge >= 0.3 is 6.03 Å². The Bertz CT molecular complexity index is 866. The van der Waals surface area contributed by atoms with E-state index in [1.807, 2.05) is 12.1 Å². The molecule has 1 fully saturated rings. The number of aliphatic hydroxyl groups is 1. The molecule has 2 aromatic rings. The second kappa shape index (κ2) is 6.06. The van der Waals surface area contributed by atoms with Gasteiger partial charge < -0.3 is 26.4 Å². The molecule has 1 aromatic heterocycles. The fraction of sp³-hybridized carbons (Fsp3) is 0.235. The largest absolute Gasteiger partial charge is 0.398 e. The van der Waals surface area contributed by atoms with Crippen LogP contribution in [0.25, 0.3) is 6.08 Å². The van der Waals surface area contributed by atoms with Gasteiger partial charge in [0.2, 0.25) is 5.95 Å². The number of carbonyl (C=O) groups is 1. The lowest BCUT2D eigenvalue weighted by Gasteiger charge is -2.29. The number of rotatable bonds is 2. The van der Waals surface area contributed by atoms with Crippen LogP contribution in [-0.4, -0.2) is 33.9 Å². The molecule has 0 spiro atoms. The summed E-state index contributed by atoms with van der Waals surface area (Å²) in [5, 5.41) is 14.6. The molecule has 128 valence electrons. The Kier molecular flexibility index (Phi) is 3.73. The molecule has 25 heavy (non-hydrogen) atoms. The van der Waals surface area contributed by atoms with Crippen molar-refractivity contribution in [3.63, 3.8) is 0 Å². The first kappa shape index (κ1) is 15.4. The van der Waals surface area contributed by atoms with Crippen molar-refractivity contribution in [1.29, 1.82) is 0 Å². The van der Waals surface area contributed by atoms with Gasteiger partial charge in [0.05, 0.1) is 11.4 Å². The number of nitrogen functional groups attached to an aromatic ring is 1. The maximum absolute atomic E-state index is 11.2. The quantitative estimate of drug-likeness (QED) is 0.596. The number of nitrogens with one attached hydrogen (secondary N) is 2. The normalized spacial score (nSPS) is 21.0. The third kappa shape index (κ3) is 2.99. The van der Waals surface area contributed by atoms with Crippen LogP contribution in [0.5, 0.6) is 0 Å². The molecular weight excluding hydrogens is 320 g/mol. The van der Waals surface area contributed by atoms with Gasteiger partial charge in [0.15, 0.2) is 6.23 Å². The number of urea groups is 1. The summed E-state index contributed by atoms with van der Waals surface area (Å²) in [6.07, 6.45) is 3.09. The monoisotopic (exact) mass is 338 g/mol. The van der Waals surface area contributed by atoms with Crippen molar-refractivity contribution in [1.82, 2.24) is 20.6 Å². The summed E-state index contributed by atoms with van der Waals surface area (Å²) in [5.74, 6) is 0.606. The number of benzene rings is 1. The number of hydrogen-bond donors (Lipinski definition) is 4. The molecule has 8 nitrogen and oxygen atoms in total. The molecule has 0 saturated carbocycles. The van der Waals surface area contributed by atoms with E-state index < -0.39 is 12.3 Å². The van der Waals surface area contributed by atoms with Crippen molar-refractivity contribution in [3.8, 4) is 0 Å². The highest BCUT2D eigenvalue weighted by molar-refractivity contribution is 5.81. The minimum absolute atomic E-state index is 0.367. The first-order valence-corrected chi connectivity index (χ1v) is 8.01. The topological polar surface area (TPSA) is 116 Å². The van der Waals surface area contributed by atoms with Crippen molar-refractivity contribution >= 4 is 23.7 Å². The number of nitrogens with two attached hydrogens (primary N) is 1. The number of aromatic nitrogens is 2. The first-order chi connectivity index (χ1) is 12.1. The van der Waals surface area contributed by atoms with Crippen LogP contribution in [0.3, 0.4) is 0 Å². The van der Waals surface area contributed by atoms with Crippen LogP contribution in [0.4, 0.5) is 16.4 Å². The maximum Gasteiger partial charge on any atom is 0.321 e. The molecule has 1 unspecified atom stereocenters. The number of carbonyl (C=O) groups excluding carboxylic acids is 1. The number of amides is 2. The number of nitrogens with zero attached hydrogens (tertiary/aromatic N) is 3. The molecule has 5 N–H and O–H groups in total. The Hall–Kier alpha value is -3.13. The Morgan fingerprint density at radius 2 is 2.24 bits per heavy atom. The van der Waals surface area contributed by atoms with E-state index in [1.165, 1.54) is 11.1 Å². The SMILES string of the molecule is Nc1cccc2c1CCN(c1nccc(/C=C3\NC(=O)NC3O)n1)C2. The Balaban J connectivity index is 1.58. The number of fused-ring (bicyclic) bond motifs is 1. The van der Waals surface area contributed by atoms with E-state index in [0.29, 0.717) is 23.9 Å². The Morgan fingerprint density at radius 3 is 3.04 bits per heavy atom. The van der Waals surface area contributed by atoms with Gasteiger partial charge in [-0.15, -0.1) is 0 Å². The predicted molar refractivity (Wildman–Crippen MR) is 93.3 cm³/mol. The lowest BCUT2D eigenvalue weighted by molar-refractivity contribution is 0.192. The van der Waals surface area contributed by atoms with E-state index in [0.717, 1.165) is 18.7 Å². The fourth-order valence-corrected chi connectivity index (χ4v) is 3.12. The van der Waals surface area contributed by atoms with Gasteiger partial charge in [-0.25, -0.2) is 14.8 Å². The van der Waals surface area contributed by atoms with Gasteiger partial charge in [-0.2, -0.15) is 0 Å². The molecule has 0 bridgehead atoms. The molecule has 8 heteroatoms. The second-order valence-electron chi connectivity index (χ2n) is 6.04. The lowest BCUT2D eigenvalue weighted by atomic mass is 9.98. The fourth-order valence-electron chi connectivity index (χ4n) is 3.12. The Morgan fingerprint density at radius 1 is 1.36 bits per heavy atom. The zero-order chi connectivity index (χ0) is 17.4. The highest BCUT2D eigenvalue weighted by Crippen LogP contribution is 2.26. The van der Waals surface area contributed by atoms with Crippen molar-refractivity contribution in [2.24, 2.45) is 0 Å². The van der Waals surface area contributed by atoms with E-state index in [4.69, 9.17) is 5.73 Å². The van der Waals surface area contributed by atoms with Crippen molar-refractivity contribution in [2.75, 3.05) is 17.2 Å². The van der Waals surface area contributed by atoms with E-state index in [2.05, 4.69) is 31.6 Å². The maximum atomic E-state index is 11.2. The first-order valence-electron chi connectivity index (χ1n) is 8.01. The summed E-state index contributed by atoms with van der Waals surface area (Å²) < 4.78 is 0. The molecular formula is C17H18N6O2. The van der Waals surface area contributed by atoms with Gasteiger partial charge in [-0.3, -0.25) is 0 Å². The average Bonchev–Trinajstić information content (AvgIpc) is 2.92. The third-order valence-corrected chi connectivity index (χ3v) is 4.37. The van der Waals surface area contributed by atoms with E-state index >= 15 is 0 Å². The van der Waals surface area contributed by atoms with Crippen LogP contribution >= 0.6 is 0 Å². The van der Waals surface area contributed by atoms with E-state index in [1.54, 1.807) is 18.3 Å². The summed E-state index contributed by atoms with van der Waals surface area (Å²) in [6.45, 7) is 1.48. The van der Waals surface area contributed by atoms with Crippen LogP contribution in [0, 0.1) is 0 Å².